The van der Waals surface area contributed by atoms with Crippen molar-refractivity contribution in [2.75, 3.05) is 0 Å². The maximum atomic E-state index is 11.7. The van der Waals surface area contributed by atoms with Gasteiger partial charge in [-0.25, -0.2) is 9.78 Å². The van der Waals surface area contributed by atoms with Crippen molar-refractivity contribution in [3.8, 4) is 11.3 Å². The number of rotatable bonds is 2. The topological polar surface area (TPSA) is 83.0 Å². The van der Waals surface area contributed by atoms with Crippen LogP contribution in [0.25, 0.3) is 11.3 Å². The number of nitrogens with one attached hydrogen (secondary N) is 1. The number of carbonyl (C=O) groups is 1. The summed E-state index contributed by atoms with van der Waals surface area (Å²) in [6, 6.07) is 8.74. The molecule has 0 aliphatic rings. The standard InChI is InChI=1S/C12H10N2O3/c1-7-9(12(16)17)14-10(11(15)13-7)8-5-3-2-4-6-8/h2-6H,1H3,(H,13,15)(H,16,17). The first-order valence-electron chi connectivity index (χ1n) is 4.99. The SMILES string of the molecule is Cc1[nH]c(=O)c(-c2ccccc2)nc1C(=O)O. The quantitative estimate of drug-likeness (QED) is 0.817. The van der Waals surface area contributed by atoms with Gasteiger partial charge in [-0.15, -0.1) is 0 Å². The number of aromatic nitrogens is 2. The lowest BCUT2D eigenvalue weighted by Gasteiger charge is -2.03. The van der Waals surface area contributed by atoms with E-state index in [0.717, 1.165) is 0 Å². The van der Waals surface area contributed by atoms with E-state index in [4.69, 9.17) is 5.11 Å². The third-order valence-corrected chi connectivity index (χ3v) is 2.34. The van der Waals surface area contributed by atoms with Crippen molar-refractivity contribution in [3.63, 3.8) is 0 Å². The van der Waals surface area contributed by atoms with E-state index in [2.05, 4.69) is 9.97 Å². The smallest absolute Gasteiger partial charge is 0.356 e. The number of benzene rings is 1. The van der Waals surface area contributed by atoms with Gasteiger partial charge in [0.25, 0.3) is 5.56 Å². The molecule has 0 atom stereocenters. The molecular weight excluding hydrogens is 220 g/mol. The highest BCUT2D eigenvalue weighted by molar-refractivity contribution is 5.87. The zero-order valence-electron chi connectivity index (χ0n) is 9.10. The van der Waals surface area contributed by atoms with Gasteiger partial charge in [0.15, 0.2) is 5.69 Å². The number of nitrogens with zero attached hydrogens (tertiary/aromatic N) is 1. The largest absolute Gasteiger partial charge is 0.476 e. The molecule has 5 heteroatoms. The average molecular weight is 230 g/mol. The number of carboxylic acid groups (broad SMARTS) is 1. The van der Waals surface area contributed by atoms with Gasteiger partial charge in [-0.05, 0) is 6.92 Å². The van der Waals surface area contributed by atoms with Crippen LogP contribution in [0.15, 0.2) is 35.1 Å². The Morgan fingerprint density at radius 2 is 1.94 bits per heavy atom. The summed E-state index contributed by atoms with van der Waals surface area (Å²) in [5.41, 5.74) is 0.439. The number of carboxylic acids is 1. The summed E-state index contributed by atoms with van der Waals surface area (Å²) in [5, 5.41) is 8.94. The Kier molecular flexibility index (Phi) is 2.74. The van der Waals surface area contributed by atoms with Crippen LogP contribution >= 0.6 is 0 Å². The first kappa shape index (κ1) is 11.1. The molecule has 0 saturated carbocycles. The van der Waals surface area contributed by atoms with Gasteiger partial charge in [0.1, 0.15) is 5.69 Å². The second-order valence-electron chi connectivity index (χ2n) is 3.56. The second-order valence-corrected chi connectivity index (χ2v) is 3.56. The summed E-state index contributed by atoms with van der Waals surface area (Å²) in [7, 11) is 0. The van der Waals surface area contributed by atoms with Crippen molar-refractivity contribution in [1.29, 1.82) is 0 Å². The van der Waals surface area contributed by atoms with Gasteiger partial charge >= 0.3 is 5.97 Å². The maximum absolute atomic E-state index is 11.7. The number of hydrogen-bond acceptors (Lipinski definition) is 3. The molecule has 1 heterocycles. The molecule has 1 aromatic carbocycles. The lowest BCUT2D eigenvalue weighted by molar-refractivity contribution is 0.0689. The highest BCUT2D eigenvalue weighted by atomic mass is 16.4. The third-order valence-electron chi connectivity index (χ3n) is 2.34. The predicted octanol–water partition coefficient (Wildman–Crippen LogP) is 1.44. The van der Waals surface area contributed by atoms with E-state index in [0.29, 0.717) is 5.56 Å². The molecule has 0 aliphatic carbocycles. The van der Waals surface area contributed by atoms with Gasteiger partial charge in [-0.3, -0.25) is 4.79 Å². The number of hydrogen-bond donors (Lipinski definition) is 2. The Morgan fingerprint density at radius 1 is 1.29 bits per heavy atom. The second kappa shape index (κ2) is 4.21. The Morgan fingerprint density at radius 3 is 2.53 bits per heavy atom. The van der Waals surface area contributed by atoms with E-state index in [9.17, 15) is 9.59 Å². The van der Waals surface area contributed by atoms with Crippen LogP contribution in [0.5, 0.6) is 0 Å². The van der Waals surface area contributed by atoms with Crippen molar-refractivity contribution in [1.82, 2.24) is 9.97 Å². The molecular formula is C12H10N2O3. The fraction of sp³-hybridized carbons (Fsp3) is 0.0833. The Hall–Kier alpha value is -2.43. The first-order chi connectivity index (χ1) is 8.09. The van der Waals surface area contributed by atoms with Gasteiger partial charge < -0.3 is 10.1 Å². The average Bonchev–Trinajstić information content (AvgIpc) is 2.29. The van der Waals surface area contributed by atoms with Gasteiger partial charge in [0, 0.05) is 11.3 Å². The molecule has 17 heavy (non-hydrogen) atoms. The number of aromatic carboxylic acids is 1. The van der Waals surface area contributed by atoms with Crippen molar-refractivity contribution in [2.24, 2.45) is 0 Å². The Labute approximate surface area is 96.8 Å². The molecule has 5 nitrogen and oxygen atoms in total. The van der Waals surface area contributed by atoms with Crippen LogP contribution in [0.3, 0.4) is 0 Å². The minimum Gasteiger partial charge on any atom is -0.476 e. The lowest BCUT2D eigenvalue weighted by Crippen LogP contribution is -2.18. The fourth-order valence-corrected chi connectivity index (χ4v) is 1.54. The molecule has 0 saturated heterocycles. The zero-order valence-corrected chi connectivity index (χ0v) is 9.10. The minimum absolute atomic E-state index is 0.119. The van der Waals surface area contributed by atoms with Crippen molar-refractivity contribution < 1.29 is 9.90 Å². The van der Waals surface area contributed by atoms with Gasteiger partial charge in [0.2, 0.25) is 0 Å². The summed E-state index contributed by atoms with van der Waals surface area (Å²) in [6.07, 6.45) is 0. The van der Waals surface area contributed by atoms with Gasteiger partial charge in [0.05, 0.1) is 0 Å². The number of H-pyrrole nitrogens is 1. The lowest BCUT2D eigenvalue weighted by atomic mass is 10.1. The summed E-state index contributed by atoms with van der Waals surface area (Å²) in [6.45, 7) is 1.51. The van der Waals surface area contributed by atoms with Crippen LogP contribution in [-0.4, -0.2) is 21.0 Å². The molecule has 2 aromatic rings. The Bertz CT molecular complexity index is 617. The summed E-state index contributed by atoms with van der Waals surface area (Å²) in [5.74, 6) is -1.16. The van der Waals surface area contributed by atoms with Crippen LogP contribution in [0, 0.1) is 6.92 Å². The molecule has 0 aliphatic heterocycles. The number of aromatic amines is 1. The van der Waals surface area contributed by atoms with Crippen molar-refractivity contribution in [2.45, 2.75) is 6.92 Å². The van der Waals surface area contributed by atoms with E-state index in [-0.39, 0.29) is 17.1 Å². The molecule has 0 bridgehead atoms. The molecule has 0 spiro atoms. The summed E-state index contributed by atoms with van der Waals surface area (Å²) < 4.78 is 0. The maximum Gasteiger partial charge on any atom is 0.356 e. The molecule has 0 unspecified atom stereocenters. The highest BCUT2D eigenvalue weighted by Gasteiger charge is 2.14. The molecule has 2 N–H and O–H groups in total. The van der Waals surface area contributed by atoms with Crippen LogP contribution in [0.2, 0.25) is 0 Å². The van der Waals surface area contributed by atoms with Crippen LogP contribution < -0.4 is 5.56 Å². The van der Waals surface area contributed by atoms with Crippen molar-refractivity contribution >= 4 is 5.97 Å². The minimum atomic E-state index is -1.16. The molecule has 1 aromatic heterocycles. The van der Waals surface area contributed by atoms with Crippen LogP contribution in [0.1, 0.15) is 16.2 Å². The normalized spacial score (nSPS) is 10.2. The zero-order chi connectivity index (χ0) is 12.4. The van der Waals surface area contributed by atoms with Gasteiger partial charge in [-0.2, -0.15) is 0 Å². The van der Waals surface area contributed by atoms with Crippen molar-refractivity contribution in [3.05, 3.63) is 52.1 Å². The molecule has 0 amide bonds. The molecule has 0 fully saturated rings. The Balaban J connectivity index is 2.67. The van der Waals surface area contributed by atoms with Gasteiger partial charge in [-0.1, -0.05) is 30.3 Å². The monoisotopic (exact) mass is 230 g/mol. The van der Waals surface area contributed by atoms with E-state index < -0.39 is 11.5 Å². The predicted molar refractivity (Wildman–Crippen MR) is 62.0 cm³/mol. The van der Waals surface area contributed by atoms with E-state index in [1.54, 1.807) is 24.3 Å². The fourth-order valence-electron chi connectivity index (χ4n) is 1.54. The van der Waals surface area contributed by atoms with E-state index in [1.165, 1.54) is 6.92 Å². The third kappa shape index (κ3) is 2.08. The highest BCUT2D eigenvalue weighted by Crippen LogP contribution is 2.13. The molecule has 2 rings (SSSR count). The summed E-state index contributed by atoms with van der Waals surface area (Å²) >= 11 is 0. The molecule has 86 valence electrons. The first-order valence-corrected chi connectivity index (χ1v) is 4.99. The van der Waals surface area contributed by atoms with Crippen LogP contribution in [-0.2, 0) is 0 Å². The summed E-state index contributed by atoms with van der Waals surface area (Å²) in [4.78, 5) is 29.0. The van der Waals surface area contributed by atoms with E-state index >= 15 is 0 Å². The van der Waals surface area contributed by atoms with E-state index in [1.807, 2.05) is 6.07 Å². The molecule has 0 radical (unpaired) electrons. The number of aryl methyl sites for hydroxylation is 1. The van der Waals surface area contributed by atoms with Crippen LogP contribution in [0.4, 0.5) is 0 Å².